The quantitative estimate of drug-likeness (QED) is 0.502. The fourth-order valence-corrected chi connectivity index (χ4v) is 5.88. The maximum Gasteiger partial charge on any atom is 0.338 e. The van der Waals surface area contributed by atoms with Crippen molar-refractivity contribution in [3.05, 3.63) is 46.7 Å². The van der Waals surface area contributed by atoms with E-state index < -0.39 is 22.7 Å². The molecule has 4 rings (SSSR count). The number of cyclic esters (lactones) is 1. The third-order valence-corrected chi connectivity index (χ3v) is 7.31. The smallest absolute Gasteiger partial charge is 0.338 e. The first-order valence-electron chi connectivity index (χ1n) is 10.2. The largest absolute Gasteiger partial charge is 0.595 e. The Balaban J connectivity index is 1.53. The molecule has 2 fully saturated rings. The van der Waals surface area contributed by atoms with E-state index in [9.17, 15) is 19.9 Å². The van der Waals surface area contributed by atoms with Crippen LogP contribution in [0.3, 0.4) is 0 Å². The van der Waals surface area contributed by atoms with Crippen molar-refractivity contribution in [3.8, 4) is 0 Å². The van der Waals surface area contributed by atoms with Crippen molar-refractivity contribution in [2.45, 2.75) is 39.2 Å². The number of esters is 2. The Labute approximate surface area is 174 Å². The Morgan fingerprint density at radius 3 is 2.67 bits per heavy atom. The molecule has 1 aliphatic heterocycles. The molecule has 1 aromatic rings. The number of carbonyl (C=O) groups excluding carboxylic acids is 2. The van der Waals surface area contributed by atoms with E-state index in [1.54, 1.807) is 6.08 Å². The van der Waals surface area contributed by atoms with Crippen molar-refractivity contribution < 1.29 is 34.6 Å². The number of carbonyl (C=O) groups is 2. The van der Waals surface area contributed by atoms with Crippen molar-refractivity contribution >= 4 is 17.6 Å². The van der Waals surface area contributed by atoms with Crippen LogP contribution in [0.1, 0.15) is 43.5 Å². The van der Waals surface area contributed by atoms with Gasteiger partial charge in [-0.05, 0) is 36.5 Å². The maximum absolute atomic E-state index is 12.5. The average molecular weight is 417 g/mol. The number of aliphatic hydroxyl groups is 1. The summed E-state index contributed by atoms with van der Waals surface area (Å²) < 4.78 is 10.9. The van der Waals surface area contributed by atoms with Gasteiger partial charge in [-0.1, -0.05) is 20.3 Å². The molecule has 8 nitrogen and oxygen atoms in total. The van der Waals surface area contributed by atoms with E-state index >= 15 is 0 Å². The van der Waals surface area contributed by atoms with Crippen LogP contribution >= 0.6 is 0 Å². The lowest BCUT2D eigenvalue weighted by molar-refractivity contribution is -0.991. The van der Waals surface area contributed by atoms with Crippen LogP contribution in [0.25, 0.3) is 0 Å². The van der Waals surface area contributed by atoms with Gasteiger partial charge in [-0.2, -0.15) is 5.23 Å². The average Bonchev–Trinajstić information content (AvgIpc) is 3.07. The third-order valence-electron chi connectivity index (χ3n) is 7.31. The van der Waals surface area contributed by atoms with Gasteiger partial charge >= 0.3 is 11.9 Å². The second kappa shape index (κ2) is 7.46. The molecule has 6 atom stereocenters. The zero-order chi connectivity index (χ0) is 21.7. The van der Waals surface area contributed by atoms with Crippen LogP contribution in [0, 0.1) is 27.9 Å². The lowest BCUT2D eigenvalue weighted by atomic mass is 9.48. The third kappa shape index (κ3) is 3.33. The molecule has 1 saturated heterocycles. The molecule has 0 bridgehead atoms. The minimum Gasteiger partial charge on any atom is -0.595 e. The predicted molar refractivity (Wildman–Crippen MR) is 105 cm³/mol. The molecule has 8 heteroatoms. The molecule has 3 aliphatic rings. The summed E-state index contributed by atoms with van der Waals surface area (Å²) >= 11 is 0. The minimum absolute atomic E-state index is 0.0581. The van der Waals surface area contributed by atoms with Gasteiger partial charge in [0.2, 0.25) is 0 Å². The molecule has 2 aliphatic carbocycles. The SMILES string of the molecule is C[C@]1(COC(=O)c2ccc([NH+]([O-])O)cc2)CCC[C@]2(C)[C@H]3COC(=O)C3=C[C@@H](O)[C@@H]12. The standard InChI is InChI=1S/C22H27NO7/c1-21(12-30-19(25)13-4-6-14(7-5-13)23(27)28)8-3-9-22(2)16-11-29-20(26)15(16)10-17(24)18(21)22/h4-7,10,16-18,23-24,27H,3,8-9,11-12H2,1-2H3/t16-,17+,18-,21+,22+/m0/s1. The normalized spacial score (nSPS) is 36.2. The summed E-state index contributed by atoms with van der Waals surface area (Å²) in [5.74, 6) is -1.11. The zero-order valence-electron chi connectivity index (χ0n) is 17.1. The van der Waals surface area contributed by atoms with Crippen LogP contribution in [0.15, 0.2) is 35.9 Å². The monoisotopic (exact) mass is 417 g/mol. The van der Waals surface area contributed by atoms with Crippen molar-refractivity contribution in [3.63, 3.8) is 0 Å². The molecule has 0 radical (unpaired) electrons. The van der Waals surface area contributed by atoms with E-state index in [-0.39, 0.29) is 41.1 Å². The van der Waals surface area contributed by atoms with E-state index in [0.717, 1.165) is 19.3 Å². The molecule has 1 heterocycles. The maximum atomic E-state index is 12.5. The predicted octanol–water partition coefficient (Wildman–Crippen LogP) is 1.53. The molecule has 1 aromatic carbocycles. The summed E-state index contributed by atoms with van der Waals surface area (Å²) in [7, 11) is 0. The number of benzene rings is 1. The Kier molecular flexibility index (Phi) is 5.22. The Hall–Kier alpha value is -2.26. The van der Waals surface area contributed by atoms with Crippen LogP contribution < -0.4 is 5.23 Å². The van der Waals surface area contributed by atoms with Crippen molar-refractivity contribution in [2.24, 2.45) is 22.7 Å². The van der Waals surface area contributed by atoms with Gasteiger partial charge in [0, 0.05) is 35.0 Å². The highest BCUT2D eigenvalue weighted by Crippen LogP contribution is 2.61. The molecule has 3 N–H and O–H groups in total. The van der Waals surface area contributed by atoms with Crippen LogP contribution in [0.4, 0.5) is 5.69 Å². The van der Waals surface area contributed by atoms with E-state index in [0.29, 0.717) is 12.2 Å². The summed E-state index contributed by atoms with van der Waals surface area (Å²) in [6.07, 6.45) is 3.38. The van der Waals surface area contributed by atoms with Crippen LogP contribution in [-0.4, -0.2) is 41.6 Å². The molecule has 0 aromatic heterocycles. The van der Waals surface area contributed by atoms with E-state index in [4.69, 9.17) is 14.7 Å². The summed E-state index contributed by atoms with van der Waals surface area (Å²) in [4.78, 5) is 24.6. The number of aliphatic hydroxyl groups excluding tert-OH is 1. The summed E-state index contributed by atoms with van der Waals surface area (Å²) in [5.41, 5.74) is 0.168. The van der Waals surface area contributed by atoms with E-state index in [1.807, 2.05) is 6.92 Å². The van der Waals surface area contributed by atoms with Crippen molar-refractivity contribution in [1.29, 1.82) is 0 Å². The second-order valence-corrected chi connectivity index (χ2v) is 9.21. The minimum atomic E-state index is -1.06. The van der Waals surface area contributed by atoms with Gasteiger partial charge in [-0.3, -0.25) is 0 Å². The number of fused-ring (bicyclic) bond motifs is 3. The number of nitrogens with one attached hydrogen (secondary N) is 1. The summed E-state index contributed by atoms with van der Waals surface area (Å²) in [6.45, 7) is 4.59. The first-order chi connectivity index (χ1) is 14.2. The molecular weight excluding hydrogens is 390 g/mol. The molecule has 1 unspecified atom stereocenters. The van der Waals surface area contributed by atoms with E-state index in [1.165, 1.54) is 24.3 Å². The van der Waals surface area contributed by atoms with Crippen LogP contribution in [-0.2, 0) is 14.3 Å². The van der Waals surface area contributed by atoms with Gasteiger partial charge in [-0.15, -0.1) is 0 Å². The van der Waals surface area contributed by atoms with Gasteiger partial charge in [0.1, 0.15) is 0 Å². The summed E-state index contributed by atoms with van der Waals surface area (Å²) in [6, 6.07) is 5.61. The number of hydrogen-bond donors (Lipinski definition) is 3. The lowest BCUT2D eigenvalue weighted by Crippen LogP contribution is -2.99. The Morgan fingerprint density at radius 1 is 1.30 bits per heavy atom. The van der Waals surface area contributed by atoms with Crippen molar-refractivity contribution in [1.82, 2.24) is 0 Å². The highest BCUT2D eigenvalue weighted by Gasteiger charge is 2.60. The van der Waals surface area contributed by atoms with Gasteiger partial charge < -0.3 is 19.8 Å². The highest BCUT2D eigenvalue weighted by atomic mass is 16.8. The fourth-order valence-electron chi connectivity index (χ4n) is 5.88. The first kappa shape index (κ1) is 21.0. The topological polar surface area (TPSA) is 121 Å². The zero-order valence-corrected chi connectivity index (χ0v) is 17.1. The van der Waals surface area contributed by atoms with E-state index in [2.05, 4.69) is 6.92 Å². The van der Waals surface area contributed by atoms with Crippen molar-refractivity contribution in [2.75, 3.05) is 13.2 Å². The molecular formula is C22H27NO7. The number of ether oxygens (including phenoxy) is 2. The van der Waals surface area contributed by atoms with Gasteiger partial charge in [-0.25, -0.2) is 14.8 Å². The summed E-state index contributed by atoms with van der Waals surface area (Å²) in [5, 5.41) is 29.9. The molecule has 162 valence electrons. The highest BCUT2D eigenvalue weighted by molar-refractivity contribution is 5.91. The van der Waals surface area contributed by atoms with Gasteiger partial charge in [0.15, 0.2) is 5.69 Å². The van der Waals surface area contributed by atoms with Gasteiger partial charge in [0.25, 0.3) is 0 Å². The molecule has 30 heavy (non-hydrogen) atoms. The second-order valence-electron chi connectivity index (χ2n) is 9.21. The Bertz CT molecular complexity index is 880. The first-order valence-corrected chi connectivity index (χ1v) is 10.2. The Morgan fingerprint density at radius 2 is 2.00 bits per heavy atom. The lowest BCUT2D eigenvalue weighted by Gasteiger charge is -2.57. The number of quaternary nitrogens is 1. The molecule has 0 spiro atoms. The van der Waals surface area contributed by atoms with Gasteiger partial charge in [0.05, 0.1) is 24.9 Å². The number of rotatable bonds is 4. The molecule has 1 saturated carbocycles. The number of hydrogen-bond acceptors (Lipinski definition) is 7. The molecule has 0 amide bonds. The van der Waals surface area contributed by atoms with Crippen LogP contribution in [0.5, 0.6) is 0 Å². The van der Waals surface area contributed by atoms with Crippen LogP contribution in [0.2, 0.25) is 0 Å². The fraction of sp³-hybridized carbons (Fsp3) is 0.545.